The number of guanidine groups is 1. The molecule has 7 heteroatoms. The Morgan fingerprint density at radius 2 is 2.12 bits per heavy atom. The lowest BCUT2D eigenvalue weighted by Crippen LogP contribution is -2.14. The highest BCUT2D eigenvalue weighted by atomic mass is 15.5. The zero-order valence-electron chi connectivity index (χ0n) is 3.92. The molecule has 0 fully saturated rings. The summed E-state index contributed by atoms with van der Waals surface area (Å²) in [6, 6.07) is 0. The second-order valence-electron chi connectivity index (χ2n) is 0.788. The van der Waals surface area contributed by atoms with Crippen LogP contribution in [0.25, 0.3) is 0 Å². The van der Waals surface area contributed by atoms with Gasteiger partial charge in [-0.05, 0) is 0 Å². The molecule has 0 aliphatic heterocycles. The number of nitrogens with zero attached hydrogens (tertiary/aromatic N) is 3. The summed E-state index contributed by atoms with van der Waals surface area (Å²) >= 11 is 0. The zero-order valence-corrected chi connectivity index (χ0v) is 3.92. The van der Waals surface area contributed by atoms with Crippen molar-refractivity contribution in [3.8, 4) is 0 Å². The molecule has 0 aliphatic carbocycles. The van der Waals surface area contributed by atoms with Crippen molar-refractivity contribution in [2.75, 3.05) is 0 Å². The Labute approximate surface area is 44.9 Å². The summed E-state index contributed by atoms with van der Waals surface area (Å²) in [5.41, 5.74) is 14.4. The maximum Gasteiger partial charge on any atom is 0.280 e. The molecule has 0 aromatic carbocycles. The number of nitrogens with two attached hydrogens (primary N) is 1. The van der Waals surface area contributed by atoms with Crippen LogP contribution in [0.2, 0.25) is 0 Å². The van der Waals surface area contributed by atoms with Gasteiger partial charge in [0.2, 0.25) is 0 Å². The Morgan fingerprint density at radius 3 is 2.25 bits per heavy atom. The number of hydrogen-bond donors (Lipinski definition) is 4. The molecule has 44 valence electrons. The highest BCUT2D eigenvalue weighted by Gasteiger charge is 1.86. The molecule has 0 heterocycles. The van der Waals surface area contributed by atoms with Gasteiger partial charge in [0.1, 0.15) is 0 Å². The van der Waals surface area contributed by atoms with E-state index >= 15 is 0 Å². The van der Waals surface area contributed by atoms with Gasteiger partial charge in [0, 0.05) is 0 Å². The van der Waals surface area contributed by atoms with Gasteiger partial charge in [0.05, 0.1) is 0 Å². The summed E-state index contributed by atoms with van der Waals surface area (Å²) in [6.07, 6.45) is 0. The molecule has 0 unspecified atom stereocenters. The van der Waals surface area contributed by atoms with Crippen LogP contribution in [0.3, 0.4) is 0 Å². The van der Waals surface area contributed by atoms with Crippen molar-refractivity contribution in [1.29, 1.82) is 11.1 Å². The Balaban J connectivity index is 3.71. The van der Waals surface area contributed by atoms with Gasteiger partial charge in [-0.15, -0.1) is 10.2 Å². The lowest BCUT2D eigenvalue weighted by molar-refractivity contribution is 0.839. The van der Waals surface area contributed by atoms with E-state index in [9.17, 15) is 0 Å². The molecule has 0 amide bonds. The van der Waals surface area contributed by atoms with E-state index in [0.29, 0.717) is 0 Å². The van der Waals surface area contributed by atoms with E-state index < -0.39 is 0 Å². The molecule has 0 atom stereocenters. The van der Waals surface area contributed by atoms with Gasteiger partial charge in [-0.2, -0.15) is 5.53 Å². The molecule has 8 heavy (non-hydrogen) atoms. The number of rotatable bonds is 1. The molecular formula is CH5N7. The SMILES string of the molecule is N=NNC(N=N)=NN. The fraction of sp³-hybridized carbons (Fsp3) is 0. The summed E-state index contributed by atoms with van der Waals surface area (Å²) in [7, 11) is 0. The second kappa shape index (κ2) is 3.65. The van der Waals surface area contributed by atoms with Crippen LogP contribution in [0.15, 0.2) is 15.4 Å². The standard InChI is InChI=1S/CH5N7/c2-5-1(6-3)7-8-4/h2H,3H2,(H2,4,6,7). The Morgan fingerprint density at radius 1 is 1.50 bits per heavy atom. The van der Waals surface area contributed by atoms with Crippen molar-refractivity contribution < 1.29 is 0 Å². The first-order chi connectivity index (χ1) is 3.85. The van der Waals surface area contributed by atoms with Crippen molar-refractivity contribution in [2.24, 2.45) is 21.3 Å². The Bertz CT molecular complexity index is 112. The molecule has 0 aromatic heterocycles. The third-order valence-electron chi connectivity index (χ3n) is 0.384. The van der Waals surface area contributed by atoms with Gasteiger partial charge >= 0.3 is 0 Å². The van der Waals surface area contributed by atoms with Crippen LogP contribution in [-0.2, 0) is 0 Å². The fourth-order valence-electron chi connectivity index (χ4n) is 0.133. The first-order valence-electron chi connectivity index (χ1n) is 1.63. The topological polar surface area (TPSA) is 123 Å². The smallest absolute Gasteiger partial charge is 0.280 e. The quantitative estimate of drug-likeness (QED) is 0.124. The van der Waals surface area contributed by atoms with E-state index in [2.05, 4.69) is 21.3 Å². The van der Waals surface area contributed by atoms with Gasteiger partial charge < -0.3 is 5.84 Å². The minimum atomic E-state index is -0.194. The summed E-state index contributed by atoms with van der Waals surface area (Å²) in [5, 5.41) is 8.33. The third kappa shape index (κ3) is 1.80. The summed E-state index contributed by atoms with van der Waals surface area (Å²) in [5.74, 6) is 4.44. The van der Waals surface area contributed by atoms with Crippen molar-refractivity contribution in [2.45, 2.75) is 0 Å². The fourth-order valence-corrected chi connectivity index (χ4v) is 0.133. The van der Waals surface area contributed by atoms with Gasteiger partial charge in [0.25, 0.3) is 5.96 Å². The molecule has 0 saturated heterocycles. The number of nitrogens with one attached hydrogen (secondary N) is 3. The van der Waals surface area contributed by atoms with Crippen molar-refractivity contribution in [3.63, 3.8) is 0 Å². The molecule has 0 aliphatic rings. The first kappa shape index (κ1) is 6.47. The monoisotopic (exact) mass is 115 g/mol. The third-order valence-corrected chi connectivity index (χ3v) is 0.384. The van der Waals surface area contributed by atoms with Crippen molar-refractivity contribution in [1.82, 2.24) is 5.43 Å². The van der Waals surface area contributed by atoms with E-state index in [4.69, 9.17) is 11.1 Å². The van der Waals surface area contributed by atoms with Gasteiger partial charge in [-0.25, -0.2) is 11.0 Å². The van der Waals surface area contributed by atoms with Crippen molar-refractivity contribution in [3.05, 3.63) is 0 Å². The molecular weight excluding hydrogens is 110 g/mol. The molecule has 0 saturated carbocycles. The minimum Gasteiger partial charge on any atom is -0.320 e. The van der Waals surface area contributed by atoms with Crippen LogP contribution in [0, 0.1) is 11.1 Å². The highest BCUT2D eigenvalue weighted by molar-refractivity contribution is 5.78. The predicted octanol–water partition coefficient (Wildman–Crippen LogP) is -0.217. The average Bonchev–Trinajstić information content (AvgIpc) is 1.83. The predicted molar refractivity (Wildman–Crippen MR) is 25.1 cm³/mol. The maximum absolute atomic E-state index is 6.27. The minimum absolute atomic E-state index is 0.194. The summed E-state index contributed by atoms with van der Waals surface area (Å²) < 4.78 is 0. The van der Waals surface area contributed by atoms with Crippen LogP contribution < -0.4 is 11.3 Å². The van der Waals surface area contributed by atoms with Crippen LogP contribution >= 0.6 is 0 Å². The summed E-state index contributed by atoms with van der Waals surface area (Å²) in [4.78, 5) is 0. The summed E-state index contributed by atoms with van der Waals surface area (Å²) in [6.45, 7) is 0. The van der Waals surface area contributed by atoms with E-state index in [0.717, 1.165) is 0 Å². The Hall–Kier alpha value is -1.53. The van der Waals surface area contributed by atoms with Crippen LogP contribution in [0.5, 0.6) is 0 Å². The first-order valence-corrected chi connectivity index (χ1v) is 1.63. The maximum atomic E-state index is 6.27. The average molecular weight is 115 g/mol. The van der Waals surface area contributed by atoms with Gasteiger partial charge in [0.15, 0.2) is 0 Å². The van der Waals surface area contributed by atoms with Crippen LogP contribution in [-0.4, -0.2) is 5.96 Å². The molecule has 0 spiro atoms. The molecule has 7 nitrogen and oxygen atoms in total. The Kier molecular flexibility index (Phi) is 2.95. The van der Waals surface area contributed by atoms with E-state index in [1.165, 1.54) is 0 Å². The van der Waals surface area contributed by atoms with Gasteiger partial charge in [-0.1, -0.05) is 5.22 Å². The molecule has 0 radical (unpaired) electrons. The second-order valence-corrected chi connectivity index (χ2v) is 0.788. The molecule has 5 N–H and O–H groups in total. The van der Waals surface area contributed by atoms with Crippen LogP contribution in [0.1, 0.15) is 0 Å². The number of hydrazone groups is 1. The van der Waals surface area contributed by atoms with Crippen molar-refractivity contribution >= 4 is 5.96 Å². The van der Waals surface area contributed by atoms with Crippen LogP contribution in [0.4, 0.5) is 0 Å². The van der Waals surface area contributed by atoms with E-state index in [-0.39, 0.29) is 5.96 Å². The highest BCUT2D eigenvalue weighted by Crippen LogP contribution is 1.68. The molecule has 0 aromatic rings. The van der Waals surface area contributed by atoms with E-state index in [1.807, 2.05) is 5.43 Å². The number of hydrogen-bond acceptors (Lipinski definition) is 5. The van der Waals surface area contributed by atoms with E-state index in [1.54, 1.807) is 0 Å². The molecule has 0 rings (SSSR count). The zero-order chi connectivity index (χ0) is 6.41. The molecule has 0 bridgehead atoms. The lowest BCUT2D eigenvalue weighted by atomic mass is 11.1. The normalized spacial score (nSPS) is 10.2. The largest absolute Gasteiger partial charge is 0.320 e. The van der Waals surface area contributed by atoms with Gasteiger partial charge in [-0.3, -0.25) is 0 Å². The lowest BCUT2D eigenvalue weighted by Gasteiger charge is -1.87.